The molecule has 0 bridgehead atoms. The summed E-state index contributed by atoms with van der Waals surface area (Å²) in [4.78, 5) is 2.33. The summed E-state index contributed by atoms with van der Waals surface area (Å²) in [6.07, 6.45) is 2.99. The minimum absolute atomic E-state index is 0.341. The highest BCUT2D eigenvalue weighted by Gasteiger charge is 2.17. The summed E-state index contributed by atoms with van der Waals surface area (Å²) >= 11 is 0. The van der Waals surface area contributed by atoms with Gasteiger partial charge in [-0.25, -0.2) is 0 Å². The Balaban J connectivity index is 1.88. The van der Waals surface area contributed by atoms with Crippen LogP contribution in [0.3, 0.4) is 0 Å². The van der Waals surface area contributed by atoms with Gasteiger partial charge in [-0.2, -0.15) is 5.26 Å². The van der Waals surface area contributed by atoms with Gasteiger partial charge in [-0.05, 0) is 37.6 Å². The second-order valence-corrected chi connectivity index (χ2v) is 4.60. The van der Waals surface area contributed by atoms with Crippen molar-refractivity contribution in [3.63, 3.8) is 0 Å². The first-order chi connectivity index (χ1) is 8.28. The number of benzene rings is 1. The van der Waals surface area contributed by atoms with E-state index in [9.17, 15) is 0 Å². The zero-order valence-electron chi connectivity index (χ0n) is 10.2. The average molecular weight is 230 g/mol. The van der Waals surface area contributed by atoms with Crippen molar-refractivity contribution in [2.45, 2.75) is 25.4 Å². The molecule has 17 heavy (non-hydrogen) atoms. The van der Waals surface area contributed by atoms with Crippen molar-refractivity contribution in [3.05, 3.63) is 29.8 Å². The fourth-order valence-corrected chi connectivity index (χ4v) is 2.07. The molecular formula is C14H18N2O. The maximum absolute atomic E-state index is 8.59. The Kier molecular flexibility index (Phi) is 4.00. The van der Waals surface area contributed by atoms with Crippen molar-refractivity contribution >= 4 is 0 Å². The Morgan fingerprint density at radius 3 is 2.53 bits per heavy atom. The first-order valence-corrected chi connectivity index (χ1v) is 6.09. The van der Waals surface area contributed by atoms with Gasteiger partial charge in [0, 0.05) is 13.1 Å². The minimum Gasteiger partial charge on any atom is -0.490 e. The quantitative estimate of drug-likeness (QED) is 0.799. The number of ether oxygens (including phenoxy) is 1. The molecule has 1 aromatic rings. The van der Waals surface area contributed by atoms with Crippen LogP contribution in [0, 0.1) is 11.3 Å². The third kappa shape index (κ3) is 3.47. The maximum atomic E-state index is 8.59. The summed E-state index contributed by atoms with van der Waals surface area (Å²) in [5, 5.41) is 8.59. The highest BCUT2D eigenvalue weighted by atomic mass is 16.5. The minimum atomic E-state index is 0.341. The molecule has 1 aromatic carbocycles. The van der Waals surface area contributed by atoms with Crippen LogP contribution in [-0.2, 0) is 6.42 Å². The monoisotopic (exact) mass is 230 g/mol. The van der Waals surface area contributed by atoms with E-state index in [4.69, 9.17) is 10.00 Å². The molecule has 0 N–H and O–H groups in total. The number of nitrogens with zero attached hydrogens (tertiary/aromatic N) is 2. The zero-order valence-corrected chi connectivity index (χ0v) is 10.2. The van der Waals surface area contributed by atoms with Gasteiger partial charge in [0.05, 0.1) is 12.5 Å². The second-order valence-electron chi connectivity index (χ2n) is 4.60. The largest absolute Gasteiger partial charge is 0.490 e. The van der Waals surface area contributed by atoms with Gasteiger partial charge in [-0.1, -0.05) is 12.1 Å². The van der Waals surface area contributed by atoms with Gasteiger partial charge < -0.3 is 9.64 Å². The topological polar surface area (TPSA) is 36.3 Å². The molecule has 1 heterocycles. The van der Waals surface area contributed by atoms with E-state index in [1.54, 1.807) is 0 Å². The molecule has 3 heteroatoms. The zero-order chi connectivity index (χ0) is 12.1. The summed E-state index contributed by atoms with van der Waals surface area (Å²) in [5.74, 6) is 0.918. The molecule has 1 saturated heterocycles. The van der Waals surface area contributed by atoms with E-state index in [1.165, 1.54) is 0 Å². The van der Waals surface area contributed by atoms with Crippen LogP contribution in [0.25, 0.3) is 0 Å². The summed E-state index contributed by atoms with van der Waals surface area (Å²) in [6.45, 7) is 2.22. The number of nitriles is 1. The van der Waals surface area contributed by atoms with Crippen molar-refractivity contribution in [2.24, 2.45) is 0 Å². The Bertz CT molecular complexity index is 386. The highest BCUT2D eigenvalue weighted by Crippen LogP contribution is 2.19. The molecule has 1 aliphatic heterocycles. The van der Waals surface area contributed by atoms with E-state index in [2.05, 4.69) is 18.0 Å². The standard InChI is InChI=1S/C14H18N2O/c1-16-10-7-14(8-11-16)17-13-4-2-12(3-5-13)6-9-15/h2-5,14H,6-8,10-11H2,1H3. The molecular weight excluding hydrogens is 212 g/mol. The van der Waals surface area contributed by atoms with E-state index in [1.807, 2.05) is 24.3 Å². The predicted octanol–water partition coefficient (Wildman–Crippen LogP) is 2.23. The number of hydrogen-bond donors (Lipinski definition) is 0. The smallest absolute Gasteiger partial charge is 0.119 e. The van der Waals surface area contributed by atoms with E-state index in [-0.39, 0.29) is 0 Å². The van der Waals surface area contributed by atoms with Crippen molar-refractivity contribution < 1.29 is 4.74 Å². The van der Waals surface area contributed by atoms with Gasteiger partial charge in [0.25, 0.3) is 0 Å². The van der Waals surface area contributed by atoms with E-state index in [0.29, 0.717) is 12.5 Å². The first-order valence-electron chi connectivity index (χ1n) is 6.09. The summed E-state index contributed by atoms with van der Waals surface area (Å²) in [7, 11) is 2.15. The first kappa shape index (κ1) is 11.9. The van der Waals surface area contributed by atoms with Gasteiger partial charge >= 0.3 is 0 Å². The molecule has 3 nitrogen and oxygen atoms in total. The number of likely N-dealkylation sites (tertiary alicyclic amines) is 1. The SMILES string of the molecule is CN1CCC(Oc2ccc(CC#N)cc2)CC1. The predicted molar refractivity (Wildman–Crippen MR) is 66.9 cm³/mol. The number of piperidine rings is 1. The fraction of sp³-hybridized carbons (Fsp3) is 0.500. The molecule has 0 aliphatic carbocycles. The molecule has 1 aliphatic rings. The maximum Gasteiger partial charge on any atom is 0.119 e. The highest BCUT2D eigenvalue weighted by molar-refractivity contribution is 5.28. The molecule has 0 saturated carbocycles. The van der Waals surface area contributed by atoms with Gasteiger partial charge in [-0.15, -0.1) is 0 Å². The molecule has 0 atom stereocenters. The van der Waals surface area contributed by atoms with Crippen LogP contribution in [-0.4, -0.2) is 31.1 Å². The van der Waals surface area contributed by atoms with Crippen LogP contribution in [0.4, 0.5) is 0 Å². The Hall–Kier alpha value is -1.53. The Morgan fingerprint density at radius 2 is 1.94 bits per heavy atom. The molecule has 0 radical (unpaired) electrons. The van der Waals surface area contributed by atoms with E-state index in [0.717, 1.165) is 37.2 Å². The number of rotatable bonds is 3. The van der Waals surface area contributed by atoms with Gasteiger partial charge in [0.1, 0.15) is 11.9 Å². The average Bonchev–Trinajstić information content (AvgIpc) is 2.35. The normalized spacial score (nSPS) is 17.6. The lowest BCUT2D eigenvalue weighted by atomic mass is 10.1. The molecule has 0 aromatic heterocycles. The lowest BCUT2D eigenvalue weighted by Crippen LogP contribution is -2.35. The Labute approximate surface area is 103 Å². The molecule has 0 unspecified atom stereocenters. The van der Waals surface area contributed by atoms with Gasteiger partial charge in [-0.3, -0.25) is 0 Å². The Morgan fingerprint density at radius 1 is 1.29 bits per heavy atom. The van der Waals surface area contributed by atoms with Crippen LogP contribution < -0.4 is 4.74 Å². The molecule has 0 amide bonds. The van der Waals surface area contributed by atoms with Crippen molar-refractivity contribution in [3.8, 4) is 11.8 Å². The molecule has 90 valence electrons. The summed E-state index contributed by atoms with van der Waals surface area (Å²) in [6, 6.07) is 10.0. The third-order valence-corrected chi connectivity index (χ3v) is 3.17. The molecule has 0 spiro atoms. The lowest BCUT2D eigenvalue weighted by molar-refractivity contribution is 0.114. The van der Waals surface area contributed by atoms with Crippen molar-refractivity contribution in [1.82, 2.24) is 4.90 Å². The van der Waals surface area contributed by atoms with Gasteiger partial charge in [0.2, 0.25) is 0 Å². The molecule has 2 rings (SSSR count). The summed E-state index contributed by atoms with van der Waals surface area (Å²) < 4.78 is 5.93. The van der Waals surface area contributed by atoms with Crippen LogP contribution in [0.15, 0.2) is 24.3 Å². The van der Waals surface area contributed by atoms with Gasteiger partial charge in [0.15, 0.2) is 0 Å². The number of hydrogen-bond acceptors (Lipinski definition) is 3. The summed E-state index contributed by atoms with van der Waals surface area (Å²) in [5.41, 5.74) is 1.04. The lowest BCUT2D eigenvalue weighted by Gasteiger charge is -2.29. The van der Waals surface area contributed by atoms with Crippen LogP contribution in [0.2, 0.25) is 0 Å². The fourth-order valence-electron chi connectivity index (χ4n) is 2.07. The third-order valence-electron chi connectivity index (χ3n) is 3.17. The molecule has 1 fully saturated rings. The van der Waals surface area contributed by atoms with E-state index >= 15 is 0 Å². The van der Waals surface area contributed by atoms with Crippen molar-refractivity contribution in [2.75, 3.05) is 20.1 Å². The van der Waals surface area contributed by atoms with Crippen LogP contribution in [0.1, 0.15) is 18.4 Å². The van der Waals surface area contributed by atoms with Crippen LogP contribution in [0.5, 0.6) is 5.75 Å². The van der Waals surface area contributed by atoms with Crippen molar-refractivity contribution in [1.29, 1.82) is 5.26 Å². The second kappa shape index (κ2) is 5.70. The van der Waals surface area contributed by atoms with E-state index < -0.39 is 0 Å². The van der Waals surface area contributed by atoms with Crippen LogP contribution >= 0.6 is 0 Å².